The summed E-state index contributed by atoms with van der Waals surface area (Å²) in [6.45, 7) is 2.97. The van der Waals surface area contributed by atoms with Gasteiger partial charge in [-0.1, -0.05) is 30.3 Å². The zero-order valence-corrected chi connectivity index (χ0v) is 13.0. The Morgan fingerprint density at radius 3 is 2.59 bits per heavy atom. The van der Waals surface area contributed by atoms with E-state index < -0.39 is 12.0 Å². The molecule has 3 nitrogen and oxygen atoms in total. The third-order valence-corrected chi connectivity index (χ3v) is 4.22. The third-order valence-electron chi connectivity index (χ3n) is 3.04. The summed E-state index contributed by atoms with van der Waals surface area (Å²) >= 11 is 1.24. The van der Waals surface area contributed by atoms with Crippen molar-refractivity contribution < 1.29 is 18.3 Å². The van der Waals surface area contributed by atoms with E-state index in [0.717, 1.165) is 10.6 Å². The van der Waals surface area contributed by atoms with Gasteiger partial charge in [0, 0.05) is 12.0 Å². The fourth-order valence-corrected chi connectivity index (χ4v) is 2.71. The average Bonchev–Trinajstić information content (AvgIpc) is 2.90. The molecule has 0 aliphatic rings. The summed E-state index contributed by atoms with van der Waals surface area (Å²) in [5, 5.41) is 0.732. The standard InChI is InChI=1S/C16H15F2NO2S/c1-10(14(17)18)8-9-21-16(20)13-11(2)19-15(22-13)12-6-4-3-5-7-12/h3-7H,8-9H2,1-2H3. The lowest BCUT2D eigenvalue weighted by Gasteiger charge is -2.03. The second-order valence-electron chi connectivity index (χ2n) is 4.73. The lowest BCUT2D eigenvalue weighted by molar-refractivity contribution is 0.0512. The minimum atomic E-state index is -1.73. The van der Waals surface area contributed by atoms with Crippen LogP contribution in [-0.2, 0) is 4.74 Å². The van der Waals surface area contributed by atoms with Gasteiger partial charge < -0.3 is 4.74 Å². The maximum absolute atomic E-state index is 12.3. The number of carbonyl (C=O) groups excluding carboxylic acids is 1. The first-order valence-electron chi connectivity index (χ1n) is 6.69. The molecule has 0 unspecified atom stereocenters. The highest BCUT2D eigenvalue weighted by Gasteiger charge is 2.17. The Labute approximate surface area is 131 Å². The highest BCUT2D eigenvalue weighted by molar-refractivity contribution is 7.17. The predicted molar refractivity (Wildman–Crippen MR) is 82.1 cm³/mol. The molecule has 0 bridgehead atoms. The summed E-state index contributed by atoms with van der Waals surface area (Å²) in [5.41, 5.74) is 1.43. The van der Waals surface area contributed by atoms with E-state index in [2.05, 4.69) is 4.98 Å². The molecule has 0 aliphatic heterocycles. The molecule has 1 aromatic carbocycles. The highest BCUT2D eigenvalue weighted by atomic mass is 32.1. The fourth-order valence-electron chi connectivity index (χ4n) is 1.75. The van der Waals surface area contributed by atoms with E-state index in [1.54, 1.807) is 6.92 Å². The summed E-state index contributed by atoms with van der Waals surface area (Å²) in [6.07, 6.45) is -1.70. The number of benzene rings is 1. The number of carbonyl (C=O) groups is 1. The Kier molecular flexibility index (Phi) is 5.38. The van der Waals surface area contributed by atoms with Crippen LogP contribution in [0.5, 0.6) is 0 Å². The number of thiazole rings is 1. The lowest BCUT2D eigenvalue weighted by atomic mass is 10.2. The zero-order valence-electron chi connectivity index (χ0n) is 12.2. The van der Waals surface area contributed by atoms with Gasteiger partial charge in [0.15, 0.2) is 0 Å². The number of aryl methyl sites for hydroxylation is 1. The number of rotatable bonds is 5. The van der Waals surface area contributed by atoms with E-state index >= 15 is 0 Å². The first-order valence-corrected chi connectivity index (χ1v) is 7.51. The Hall–Kier alpha value is -2.08. The van der Waals surface area contributed by atoms with Crippen LogP contribution >= 0.6 is 11.3 Å². The minimum absolute atomic E-state index is 0.0253. The number of nitrogens with zero attached hydrogens (tertiary/aromatic N) is 1. The normalized spacial score (nSPS) is 10.4. The second-order valence-corrected chi connectivity index (χ2v) is 5.73. The van der Waals surface area contributed by atoms with Crippen molar-refractivity contribution in [2.45, 2.75) is 20.3 Å². The molecule has 0 saturated carbocycles. The number of hydrogen-bond donors (Lipinski definition) is 0. The van der Waals surface area contributed by atoms with Gasteiger partial charge >= 0.3 is 5.97 Å². The quantitative estimate of drug-likeness (QED) is 0.739. The van der Waals surface area contributed by atoms with Crippen LogP contribution in [0, 0.1) is 6.92 Å². The summed E-state index contributed by atoms with van der Waals surface area (Å²) in [4.78, 5) is 16.8. The van der Waals surface area contributed by atoms with Gasteiger partial charge in [-0.05, 0) is 19.4 Å². The smallest absolute Gasteiger partial charge is 0.350 e. The van der Waals surface area contributed by atoms with Crippen LogP contribution in [0.25, 0.3) is 10.6 Å². The molecule has 116 valence electrons. The van der Waals surface area contributed by atoms with E-state index in [9.17, 15) is 13.6 Å². The molecule has 0 spiro atoms. The minimum Gasteiger partial charge on any atom is -0.461 e. The molecule has 1 aromatic heterocycles. The number of halogens is 2. The molecule has 2 rings (SSSR count). The Balaban J connectivity index is 2.05. The summed E-state index contributed by atoms with van der Waals surface area (Å²) in [5.74, 6) is -0.524. The summed E-state index contributed by atoms with van der Waals surface area (Å²) in [6, 6.07) is 9.51. The SMILES string of the molecule is CC(CCOC(=O)c1sc(-c2ccccc2)nc1C)=C(F)F. The van der Waals surface area contributed by atoms with Crippen LogP contribution < -0.4 is 0 Å². The van der Waals surface area contributed by atoms with Crippen LogP contribution in [-0.4, -0.2) is 17.6 Å². The maximum atomic E-state index is 12.3. The third kappa shape index (κ3) is 3.98. The summed E-state index contributed by atoms with van der Waals surface area (Å²) < 4.78 is 29.6. The number of esters is 1. The predicted octanol–water partition coefficient (Wildman–Crippen LogP) is 4.84. The van der Waals surface area contributed by atoms with E-state index in [0.29, 0.717) is 10.6 Å². The lowest BCUT2D eigenvalue weighted by Crippen LogP contribution is -2.06. The van der Waals surface area contributed by atoms with Gasteiger partial charge in [-0.2, -0.15) is 8.78 Å². The molecular formula is C16H15F2NO2S. The van der Waals surface area contributed by atoms with Crippen LogP contribution in [0.15, 0.2) is 42.0 Å². The van der Waals surface area contributed by atoms with Gasteiger partial charge in [-0.25, -0.2) is 9.78 Å². The molecule has 0 atom stereocenters. The molecule has 0 aliphatic carbocycles. The van der Waals surface area contributed by atoms with Crippen LogP contribution in [0.2, 0.25) is 0 Å². The average molecular weight is 323 g/mol. The van der Waals surface area contributed by atoms with E-state index in [-0.39, 0.29) is 18.6 Å². The maximum Gasteiger partial charge on any atom is 0.350 e. The Morgan fingerprint density at radius 1 is 1.27 bits per heavy atom. The van der Waals surface area contributed by atoms with Crippen molar-refractivity contribution in [2.75, 3.05) is 6.61 Å². The van der Waals surface area contributed by atoms with Crippen molar-refractivity contribution in [3.8, 4) is 10.6 Å². The molecule has 2 aromatic rings. The Bertz CT molecular complexity index is 691. The molecule has 22 heavy (non-hydrogen) atoms. The molecule has 1 heterocycles. The topological polar surface area (TPSA) is 39.2 Å². The van der Waals surface area contributed by atoms with Crippen molar-refractivity contribution in [3.63, 3.8) is 0 Å². The first kappa shape index (κ1) is 16.3. The van der Waals surface area contributed by atoms with Gasteiger partial charge in [-0.15, -0.1) is 11.3 Å². The van der Waals surface area contributed by atoms with Gasteiger partial charge in [0.25, 0.3) is 6.08 Å². The van der Waals surface area contributed by atoms with E-state index in [1.807, 2.05) is 30.3 Å². The van der Waals surface area contributed by atoms with Gasteiger partial charge in [0.1, 0.15) is 9.88 Å². The molecular weight excluding hydrogens is 308 g/mol. The van der Waals surface area contributed by atoms with E-state index in [1.165, 1.54) is 18.3 Å². The monoisotopic (exact) mass is 323 g/mol. The number of hydrogen-bond acceptors (Lipinski definition) is 4. The van der Waals surface area contributed by atoms with E-state index in [4.69, 9.17) is 4.74 Å². The van der Waals surface area contributed by atoms with Crippen molar-refractivity contribution >= 4 is 17.3 Å². The fraction of sp³-hybridized carbons (Fsp3) is 0.250. The molecule has 0 radical (unpaired) electrons. The molecule has 0 N–H and O–H groups in total. The molecule has 0 saturated heterocycles. The largest absolute Gasteiger partial charge is 0.461 e. The zero-order chi connectivity index (χ0) is 16.1. The Morgan fingerprint density at radius 2 is 1.95 bits per heavy atom. The number of aromatic nitrogens is 1. The van der Waals surface area contributed by atoms with Gasteiger partial charge in [0.05, 0.1) is 12.3 Å². The molecule has 0 fully saturated rings. The van der Waals surface area contributed by atoms with Crippen LogP contribution in [0.3, 0.4) is 0 Å². The van der Waals surface area contributed by atoms with Crippen molar-refractivity contribution in [1.29, 1.82) is 0 Å². The van der Waals surface area contributed by atoms with Gasteiger partial charge in [-0.3, -0.25) is 0 Å². The van der Waals surface area contributed by atoms with Crippen molar-refractivity contribution in [3.05, 3.63) is 52.6 Å². The highest BCUT2D eigenvalue weighted by Crippen LogP contribution is 2.28. The van der Waals surface area contributed by atoms with Crippen LogP contribution in [0.4, 0.5) is 8.78 Å². The van der Waals surface area contributed by atoms with Gasteiger partial charge in [0.2, 0.25) is 0 Å². The first-order chi connectivity index (χ1) is 10.5. The number of ether oxygens (including phenoxy) is 1. The second kappa shape index (κ2) is 7.26. The van der Waals surface area contributed by atoms with Crippen molar-refractivity contribution in [2.24, 2.45) is 0 Å². The summed E-state index contributed by atoms with van der Waals surface area (Å²) in [7, 11) is 0. The van der Waals surface area contributed by atoms with Crippen molar-refractivity contribution in [1.82, 2.24) is 4.98 Å². The van der Waals surface area contributed by atoms with Crippen LogP contribution in [0.1, 0.15) is 28.7 Å². The molecule has 0 amide bonds. The molecule has 6 heteroatoms.